The van der Waals surface area contributed by atoms with E-state index < -0.39 is 72.5 Å². The Balaban J connectivity index is 3.06. The highest BCUT2D eigenvalue weighted by Crippen LogP contribution is 2.06. The van der Waals surface area contributed by atoms with Crippen molar-refractivity contribution in [1.82, 2.24) is 16.0 Å². The molecule has 4 atom stereocenters. The standard InChI is InChI=1S/C23H35N9O7/c24-13(7-4-8-29-23(27)28)19(35)30-15(10-17(25)33)21(37)31-14(9-12-5-2-1-3-6-12)20(36)32-16(22(38)39)11-18(26)34/h1-3,5-6,13-16H,4,7-11,24H2,(H2,25,33)(H2,26,34)(H,30,35)(H,31,37)(H,32,36)(H,38,39)(H4,27,28,29). The molecule has 16 heteroatoms. The maximum Gasteiger partial charge on any atom is 0.326 e. The predicted molar refractivity (Wildman–Crippen MR) is 139 cm³/mol. The molecule has 0 aliphatic heterocycles. The normalized spacial score (nSPS) is 13.6. The minimum atomic E-state index is -1.65. The van der Waals surface area contributed by atoms with Crippen LogP contribution >= 0.6 is 0 Å². The van der Waals surface area contributed by atoms with E-state index in [9.17, 15) is 33.9 Å². The molecule has 0 saturated heterocycles. The Bertz CT molecular complexity index is 1060. The molecule has 0 fully saturated rings. The summed E-state index contributed by atoms with van der Waals surface area (Å²) in [4.78, 5) is 76.7. The number of benzene rings is 1. The van der Waals surface area contributed by atoms with Gasteiger partial charge in [-0.2, -0.15) is 0 Å². The zero-order valence-electron chi connectivity index (χ0n) is 21.2. The Kier molecular flexibility index (Phi) is 13.4. The number of primary amides is 2. The number of nitrogens with zero attached hydrogens (tertiary/aromatic N) is 1. The van der Waals surface area contributed by atoms with Crippen LogP contribution in [-0.4, -0.2) is 77.3 Å². The first-order valence-corrected chi connectivity index (χ1v) is 11.9. The van der Waals surface area contributed by atoms with Crippen molar-refractivity contribution in [3.8, 4) is 0 Å². The molecular formula is C23H35N9O7. The van der Waals surface area contributed by atoms with E-state index in [1.54, 1.807) is 30.3 Å². The van der Waals surface area contributed by atoms with Gasteiger partial charge in [-0.1, -0.05) is 30.3 Å². The number of aliphatic carboxylic acids is 1. The number of hydrogen-bond acceptors (Lipinski definition) is 8. The van der Waals surface area contributed by atoms with Gasteiger partial charge in [-0.05, 0) is 18.4 Å². The SMILES string of the molecule is NC(=O)CC(NC(=O)C(Cc1ccccc1)NC(=O)C(CC(N)=O)NC(=O)C(N)CCCN=C(N)N)C(=O)O. The summed E-state index contributed by atoms with van der Waals surface area (Å²) in [7, 11) is 0. The van der Waals surface area contributed by atoms with Gasteiger partial charge in [0.05, 0.1) is 18.9 Å². The maximum atomic E-state index is 13.1. The van der Waals surface area contributed by atoms with Gasteiger partial charge < -0.3 is 49.7 Å². The molecular weight excluding hydrogens is 514 g/mol. The third-order valence-corrected chi connectivity index (χ3v) is 5.28. The summed E-state index contributed by atoms with van der Waals surface area (Å²) in [5.74, 6) is -6.19. The zero-order chi connectivity index (χ0) is 29.5. The number of nitrogens with one attached hydrogen (secondary N) is 3. The lowest BCUT2D eigenvalue weighted by atomic mass is 10.0. The fourth-order valence-electron chi connectivity index (χ4n) is 3.34. The smallest absolute Gasteiger partial charge is 0.326 e. The molecule has 16 nitrogen and oxygen atoms in total. The lowest BCUT2D eigenvalue weighted by molar-refractivity contribution is -0.143. The number of hydrogen-bond donors (Lipinski definition) is 9. The van der Waals surface area contributed by atoms with Crippen LogP contribution in [0.2, 0.25) is 0 Å². The third kappa shape index (κ3) is 12.9. The summed E-state index contributed by atoms with van der Waals surface area (Å²) < 4.78 is 0. The first kappa shape index (κ1) is 32.3. The van der Waals surface area contributed by atoms with Crippen LogP contribution < -0.4 is 44.6 Å². The summed E-state index contributed by atoms with van der Waals surface area (Å²) in [5.41, 5.74) is 27.2. The van der Waals surface area contributed by atoms with Crippen LogP contribution in [0.3, 0.4) is 0 Å². The van der Waals surface area contributed by atoms with Crippen molar-refractivity contribution in [2.45, 2.75) is 56.3 Å². The van der Waals surface area contributed by atoms with E-state index in [4.69, 9.17) is 28.7 Å². The highest BCUT2D eigenvalue weighted by Gasteiger charge is 2.31. The highest BCUT2D eigenvalue weighted by molar-refractivity contribution is 5.96. The average molecular weight is 550 g/mol. The molecule has 39 heavy (non-hydrogen) atoms. The van der Waals surface area contributed by atoms with Crippen LogP contribution in [0.5, 0.6) is 0 Å². The summed E-state index contributed by atoms with van der Waals surface area (Å²) in [6.07, 6.45) is -0.883. The van der Waals surface area contributed by atoms with Crippen molar-refractivity contribution in [2.24, 2.45) is 33.7 Å². The Labute approximate surface area is 224 Å². The van der Waals surface area contributed by atoms with Crippen LogP contribution in [0.4, 0.5) is 0 Å². The number of rotatable bonds is 17. The molecule has 0 saturated carbocycles. The van der Waals surface area contributed by atoms with Crippen LogP contribution in [0.15, 0.2) is 35.3 Å². The van der Waals surface area contributed by atoms with Gasteiger partial charge in [0.2, 0.25) is 29.5 Å². The summed E-state index contributed by atoms with van der Waals surface area (Å²) >= 11 is 0. The molecule has 14 N–H and O–H groups in total. The quantitative estimate of drug-likeness (QED) is 0.0513. The Morgan fingerprint density at radius 1 is 0.769 bits per heavy atom. The van der Waals surface area contributed by atoms with E-state index in [1.165, 1.54) is 0 Å². The molecule has 214 valence electrons. The summed E-state index contributed by atoms with van der Waals surface area (Å²) in [5, 5.41) is 16.2. The molecule has 0 aromatic heterocycles. The maximum absolute atomic E-state index is 13.1. The van der Waals surface area contributed by atoms with Crippen molar-refractivity contribution >= 4 is 41.5 Å². The van der Waals surface area contributed by atoms with Crippen molar-refractivity contribution in [1.29, 1.82) is 0 Å². The number of carboxylic acids is 1. The lowest BCUT2D eigenvalue weighted by Crippen LogP contribution is -2.58. The number of nitrogens with two attached hydrogens (primary N) is 5. The second-order valence-corrected chi connectivity index (χ2v) is 8.61. The Morgan fingerprint density at radius 2 is 1.28 bits per heavy atom. The van der Waals surface area contributed by atoms with E-state index in [2.05, 4.69) is 20.9 Å². The van der Waals surface area contributed by atoms with E-state index >= 15 is 0 Å². The number of carboxylic acid groups (broad SMARTS) is 1. The number of carbonyl (C=O) groups excluding carboxylic acids is 5. The molecule has 1 rings (SSSR count). The Hall–Kier alpha value is -4.73. The second-order valence-electron chi connectivity index (χ2n) is 8.61. The van der Waals surface area contributed by atoms with Crippen LogP contribution in [0, 0.1) is 0 Å². The van der Waals surface area contributed by atoms with Gasteiger partial charge in [-0.3, -0.25) is 29.0 Å². The number of guanidine groups is 1. The molecule has 0 aliphatic rings. The van der Waals surface area contributed by atoms with Crippen molar-refractivity contribution < 1.29 is 33.9 Å². The van der Waals surface area contributed by atoms with Gasteiger partial charge in [0.25, 0.3) is 0 Å². The second kappa shape index (κ2) is 16.2. The average Bonchev–Trinajstić information content (AvgIpc) is 2.84. The number of aliphatic imine (C=N–C) groups is 1. The van der Waals surface area contributed by atoms with Gasteiger partial charge in [0.15, 0.2) is 5.96 Å². The molecule has 1 aromatic rings. The van der Waals surface area contributed by atoms with E-state index in [0.717, 1.165) is 0 Å². The van der Waals surface area contributed by atoms with Crippen molar-refractivity contribution in [3.05, 3.63) is 35.9 Å². The van der Waals surface area contributed by atoms with Crippen molar-refractivity contribution in [3.63, 3.8) is 0 Å². The van der Waals surface area contributed by atoms with E-state index in [-0.39, 0.29) is 25.3 Å². The molecule has 1 aromatic carbocycles. The predicted octanol–water partition coefficient (Wildman–Crippen LogP) is -4.10. The molecule has 5 amide bonds. The topological polar surface area (TPSA) is 301 Å². The van der Waals surface area contributed by atoms with Gasteiger partial charge >= 0.3 is 5.97 Å². The minimum Gasteiger partial charge on any atom is -0.480 e. The number of amides is 5. The lowest BCUT2D eigenvalue weighted by Gasteiger charge is -2.25. The fraction of sp³-hybridized carbons (Fsp3) is 0.435. The molecule has 0 bridgehead atoms. The Morgan fingerprint density at radius 3 is 1.82 bits per heavy atom. The van der Waals surface area contributed by atoms with Gasteiger partial charge in [-0.15, -0.1) is 0 Å². The highest BCUT2D eigenvalue weighted by atomic mass is 16.4. The van der Waals surface area contributed by atoms with Crippen LogP contribution in [-0.2, 0) is 35.2 Å². The summed E-state index contributed by atoms with van der Waals surface area (Å²) in [6, 6.07) is 2.83. The van der Waals surface area contributed by atoms with E-state index in [1.807, 2.05) is 0 Å². The molecule has 0 heterocycles. The number of carbonyl (C=O) groups is 6. The first-order chi connectivity index (χ1) is 18.3. The summed E-state index contributed by atoms with van der Waals surface area (Å²) in [6.45, 7) is 0.220. The van der Waals surface area contributed by atoms with Crippen LogP contribution in [0.25, 0.3) is 0 Å². The molecule has 4 unspecified atom stereocenters. The minimum absolute atomic E-state index is 0.0944. The monoisotopic (exact) mass is 549 g/mol. The van der Waals surface area contributed by atoms with Gasteiger partial charge in [0, 0.05) is 13.0 Å². The largest absolute Gasteiger partial charge is 0.480 e. The van der Waals surface area contributed by atoms with E-state index in [0.29, 0.717) is 12.0 Å². The van der Waals surface area contributed by atoms with Crippen molar-refractivity contribution in [2.75, 3.05) is 6.54 Å². The molecule has 0 spiro atoms. The molecule has 0 radical (unpaired) electrons. The first-order valence-electron chi connectivity index (χ1n) is 11.9. The van der Waals surface area contributed by atoms with Gasteiger partial charge in [0.1, 0.15) is 18.1 Å². The fourth-order valence-corrected chi connectivity index (χ4v) is 3.34. The molecule has 0 aliphatic carbocycles. The van der Waals surface area contributed by atoms with Crippen LogP contribution in [0.1, 0.15) is 31.2 Å². The third-order valence-electron chi connectivity index (χ3n) is 5.28. The zero-order valence-corrected chi connectivity index (χ0v) is 21.2. The van der Waals surface area contributed by atoms with Gasteiger partial charge in [-0.25, -0.2) is 4.79 Å².